The summed E-state index contributed by atoms with van der Waals surface area (Å²) >= 11 is 0. The highest BCUT2D eigenvalue weighted by Gasteiger charge is 2.75. The number of cyclic esters (lactones) is 1. The monoisotopic (exact) mass is 573 g/mol. The second-order valence-electron chi connectivity index (χ2n) is 12.5. The van der Waals surface area contributed by atoms with Gasteiger partial charge in [-0.25, -0.2) is 0 Å². The molecule has 2 amide bonds. The van der Waals surface area contributed by atoms with Crippen molar-refractivity contribution in [2.75, 3.05) is 59.2 Å². The van der Waals surface area contributed by atoms with Gasteiger partial charge in [0.2, 0.25) is 11.8 Å². The summed E-state index contributed by atoms with van der Waals surface area (Å²) in [4.78, 5) is 48.6. The fraction of sp³-hybridized carbons (Fsp3) is 0.774. The van der Waals surface area contributed by atoms with E-state index in [9.17, 15) is 19.5 Å². The van der Waals surface area contributed by atoms with E-state index < -0.39 is 41.1 Å². The highest BCUT2D eigenvalue weighted by atomic mass is 16.6. The van der Waals surface area contributed by atoms with Crippen molar-refractivity contribution in [2.45, 2.75) is 76.2 Å². The number of nitrogens with zero attached hydrogens (tertiary/aromatic N) is 3. The maximum Gasteiger partial charge on any atom is 0.313 e. The van der Waals surface area contributed by atoms with Crippen LogP contribution in [0.25, 0.3) is 0 Å². The molecule has 1 unspecified atom stereocenters. The second kappa shape index (κ2) is 12.5. The van der Waals surface area contributed by atoms with Crippen molar-refractivity contribution in [1.29, 1.82) is 0 Å². The van der Waals surface area contributed by atoms with Crippen LogP contribution in [0.15, 0.2) is 24.3 Å². The van der Waals surface area contributed by atoms with Crippen molar-refractivity contribution in [2.24, 2.45) is 17.8 Å². The number of morpholine rings is 1. The molecule has 6 atom stereocenters. The maximum atomic E-state index is 14.6. The third kappa shape index (κ3) is 5.48. The first-order valence-electron chi connectivity index (χ1n) is 15.5. The van der Waals surface area contributed by atoms with Crippen molar-refractivity contribution in [1.82, 2.24) is 14.7 Å². The molecule has 0 saturated carbocycles. The van der Waals surface area contributed by atoms with Gasteiger partial charge in [0.1, 0.15) is 23.2 Å². The van der Waals surface area contributed by atoms with Crippen LogP contribution in [0, 0.1) is 17.8 Å². The van der Waals surface area contributed by atoms with Crippen LogP contribution in [0.3, 0.4) is 0 Å². The van der Waals surface area contributed by atoms with E-state index in [0.29, 0.717) is 52.3 Å². The van der Waals surface area contributed by atoms with Gasteiger partial charge in [0.15, 0.2) is 0 Å². The van der Waals surface area contributed by atoms with E-state index in [0.717, 1.165) is 32.4 Å². The molecule has 1 N–H and O–H groups in total. The number of hydrogen-bond acceptors (Lipinski definition) is 8. The minimum absolute atomic E-state index is 0.183. The standard InChI is InChI=1S/C31H47N3O7/c1-4-30-10-7-5-6-8-17-40-29(38)25(30)24-27(36)34(23(21-35)20-22(2)3)26-28(37)33(12-9-11-31(24,26)41-30)14-13-32-15-18-39-19-16-32/h7,9-11,22-26,35H,4-6,8,12-21H2,1-3H3/b10-7-/t23-,24+,25+,26?,30-,31+/m1/s1. The zero-order valence-corrected chi connectivity index (χ0v) is 24.8. The number of fused-ring (bicyclic) bond motifs is 2. The van der Waals surface area contributed by atoms with Gasteiger partial charge in [0.05, 0.1) is 38.4 Å². The number of aliphatic hydroxyl groups is 1. The quantitative estimate of drug-likeness (QED) is 0.346. The van der Waals surface area contributed by atoms with Gasteiger partial charge in [0, 0.05) is 32.7 Å². The first kappa shape index (κ1) is 30.2. The molecule has 10 heteroatoms. The molecule has 1 spiro atoms. The molecule has 0 aromatic heterocycles. The van der Waals surface area contributed by atoms with Crippen LogP contribution >= 0.6 is 0 Å². The van der Waals surface area contributed by atoms with Crippen molar-refractivity contribution in [3.63, 3.8) is 0 Å². The van der Waals surface area contributed by atoms with Crippen molar-refractivity contribution in [3.05, 3.63) is 24.3 Å². The lowest BCUT2D eigenvalue weighted by Gasteiger charge is -2.41. The fourth-order valence-electron chi connectivity index (χ4n) is 7.53. The molecule has 41 heavy (non-hydrogen) atoms. The molecule has 5 aliphatic heterocycles. The number of carbonyl (C=O) groups is 3. The topological polar surface area (TPSA) is 109 Å². The van der Waals surface area contributed by atoms with E-state index in [2.05, 4.69) is 11.0 Å². The summed E-state index contributed by atoms with van der Waals surface area (Å²) in [5, 5.41) is 10.5. The Balaban J connectivity index is 1.57. The number of rotatable bonds is 8. The van der Waals surface area contributed by atoms with Crippen LogP contribution in [0.2, 0.25) is 0 Å². The molecular weight excluding hydrogens is 526 g/mol. The number of ether oxygens (including phenoxy) is 3. The lowest BCUT2D eigenvalue weighted by molar-refractivity contribution is -0.163. The Hall–Kier alpha value is -2.27. The van der Waals surface area contributed by atoms with Gasteiger partial charge in [-0.2, -0.15) is 0 Å². The molecule has 0 aliphatic carbocycles. The minimum Gasteiger partial charge on any atom is -0.465 e. The number of allylic oxidation sites excluding steroid dienone is 1. The summed E-state index contributed by atoms with van der Waals surface area (Å²) in [6, 6.07) is -1.56. The molecule has 3 saturated heterocycles. The first-order chi connectivity index (χ1) is 19.8. The molecule has 5 rings (SSSR count). The van der Waals surface area contributed by atoms with E-state index in [1.54, 1.807) is 9.80 Å². The normalized spacial score (nSPS) is 36.0. The molecule has 3 fully saturated rings. The molecule has 0 radical (unpaired) electrons. The van der Waals surface area contributed by atoms with E-state index in [-0.39, 0.29) is 24.3 Å². The first-order valence-corrected chi connectivity index (χ1v) is 15.5. The molecule has 10 nitrogen and oxygen atoms in total. The smallest absolute Gasteiger partial charge is 0.313 e. The summed E-state index contributed by atoms with van der Waals surface area (Å²) in [7, 11) is 0. The molecule has 228 valence electrons. The predicted molar refractivity (Wildman–Crippen MR) is 152 cm³/mol. The van der Waals surface area contributed by atoms with Crippen LogP contribution in [0.5, 0.6) is 0 Å². The van der Waals surface area contributed by atoms with E-state index >= 15 is 0 Å². The summed E-state index contributed by atoms with van der Waals surface area (Å²) < 4.78 is 18.3. The summed E-state index contributed by atoms with van der Waals surface area (Å²) in [6.07, 6.45) is 11.2. The number of aliphatic hydroxyl groups excluding tert-OH is 1. The van der Waals surface area contributed by atoms with Gasteiger partial charge in [-0.15, -0.1) is 0 Å². The maximum absolute atomic E-state index is 14.6. The van der Waals surface area contributed by atoms with Crippen molar-refractivity contribution < 1.29 is 33.7 Å². The average Bonchev–Trinajstić information content (AvgIpc) is 3.33. The number of likely N-dealkylation sites (tertiary alicyclic amines) is 1. The van der Waals surface area contributed by atoms with Crippen molar-refractivity contribution >= 4 is 17.8 Å². The van der Waals surface area contributed by atoms with Gasteiger partial charge in [-0.05, 0) is 38.0 Å². The Morgan fingerprint density at radius 1 is 1.00 bits per heavy atom. The van der Waals surface area contributed by atoms with E-state index in [1.807, 2.05) is 39.0 Å². The largest absolute Gasteiger partial charge is 0.465 e. The number of esters is 1. The van der Waals surface area contributed by atoms with E-state index in [1.165, 1.54) is 0 Å². The fourth-order valence-corrected chi connectivity index (χ4v) is 7.53. The minimum atomic E-state index is -1.34. The predicted octanol–water partition coefficient (Wildman–Crippen LogP) is 1.77. The van der Waals surface area contributed by atoms with Crippen LogP contribution < -0.4 is 0 Å². The van der Waals surface area contributed by atoms with Gasteiger partial charge >= 0.3 is 5.97 Å². The number of amides is 2. The highest BCUT2D eigenvalue weighted by Crippen LogP contribution is 2.58. The Bertz CT molecular complexity index is 1040. The number of carbonyl (C=O) groups excluding carboxylic acids is 3. The van der Waals surface area contributed by atoms with Crippen LogP contribution in [-0.2, 0) is 28.6 Å². The van der Waals surface area contributed by atoms with Crippen LogP contribution in [0.4, 0.5) is 0 Å². The number of hydrogen-bond donors (Lipinski definition) is 1. The SMILES string of the molecule is CC[C@@]12/C=C\CCCCOC(=O)[C@@H]1[C@H]1C(=O)N([C@@H](CO)CC(C)C)C3C(=O)N(CCN4CCOCC4)CC=C[C@@]31O2. The molecule has 0 bridgehead atoms. The Morgan fingerprint density at radius 3 is 2.49 bits per heavy atom. The third-order valence-electron chi connectivity index (χ3n) is 9.54. The third-order valence-corrected chi connectivity index (χ3v) is 9.54. The lowest BCUT2D eigenvalue weighted by atomic mass is 9.73. The average molecular weight is 574 g/mol. The molecular formula is C31H47N3O7. The molecule has 0 aromatic carbocycles. The molecule has 5 aliphatic rings. The van der Waals surface area contributed by atoms with Gasteiger partial charge in [0.25, 0.3) is 0 Å². The lowest BCUT2D eigenvalue weighted by Crippen LogP contribution is -2.59. The van der Waals surface area contributed by atoms with Crippen LogP contribution in [0.1, 0.15) is 52.9 Å². The van der Waals surface area contributed by atoms with Crippen molar-refractivity contribution in [3.8, 4) is 0 Å². The molecule has 5 heterocycles. The Labute approximate surface area is 243 Å². The zero-order valence-electron chi connectivity index (χ0n) is 24.8. The summed E-state index contributed by atoms with van der Waals surface area (Å²) in [5.74, 6) is -2.60. The summed E-state index contributed by atoms with van der Waals surface area (Å²) in [5.41, 5.74) is -2.41. The summed E-state index contributed by atoms with van der Waals surface area (Å²) in [6.45, 7) is 10.6. The second-order valence-corrected chi connectivity index (χ2v) is 12.5. The van der Waals surface area contributed by atoms with Gasteiger partial charge in [-0.1, -0.05) is 45.1 Å². The van der Waals surface area contributed by atoms with E-state index in [4.69, 9.17) is 14.2 Å². The Kier molecular flexibility index (Phi) is 9.23. The van der Waals surface area contributed by atoms with Crippen LogP contribution in [-0.4, -0.2) is 120 Å². The van der Waals surface area contributed by atoms with Gasteiger partial charge < -0.3 is 29.1 Å². The Morgan fingerprint density at radius 2 is 1.78 bits per heavy atom. The van der Waals surface area contributed by atoms with Gasteiger partial charge in [-0.3, -0.25) is 19.3 Å². The molecule has 0 aromatic rings. The highest BCUT2D eigenvalue weighted by molar-refractivity contribution is 5.99. The zero-order chi connectivity index (χ0) is 29.2.